The summed E-state index contributed by atoms with van der Waals surface area (Å²) in [6, 6.07) is 0. The van der Waals surface area contributed by atoms with Gasteiger partial charge in [-0.25, -0.2) is 0 Å². The maximum Gasteiger partial charge on any atom is 0.448 e. The van der Waals surface area contributed by atoms with Crippen molar-refractivity contribution in [2.24, 2.45) is 0 Å². The molecule has 72 valence electrons. The van der Waals surface area contributed by atoms with Crippen molar-refractivity contribution >= 4 is 16.4 Å². The molecule has 0 atom stereocenters. The molecule has 0 spiro atoms. The minimum absolute atomic E-state index is 0.0215. The fourth-order valence-corrected chi connectivity index (χ4v) is 0.997. The zero-order chi connectivity index (χ0) is 9.61. The summed E-state index contributed by atoms with van der Waals surface area (Å²) in [5.74, 6) is -0.911. The molecule has 0 aliphatic carbocycles. The molecular formula is C6H12O5S. The molecule has 6 heteroatoms. The van der Waals surface area contributed by atoms with E-state index in [-0.39, 0.29) is 6.42 Å². The predicted molar refractivity (Wildman–Crippen MR) is 41.8 cm³/mol. The van der Waals surface area contributed by atoms with Gasteiger partial charge in [-0.3, -0.25) is 9.35 Å². The van der Waals surface area contributed by atoms with Crippen LogP contribution in [-0.4, -0.2) is 18.9 Å². The fraction of sp³-hybridized carbons (Fsp3) is 0.833. The van der Waals surface area contributed by atoms with E-state index in [2.05, 4.69) is 4.18 Å². The van der Waals surface area contributed by atoms with Crippen molar-refractivity contribution in [2.75, 3.05) is 0 Å². The first-order valence-electron chi connectivity index (χ1n) is 3.65. The summed E-state index contributed by atoms with van der Waals surface area (Å²) in [6.45, 7) is 1.95. The summed E-state index contributed by atoms with van der Waals surface area (Å²) in [5.41, 5.74) is 0. The van der Waals surface area contributed by atoms with Crippen LogP contribution in [0.1, 0.15) is 32.6 Å². The second kappa shape index (κ2) is 5.10. The van der Waals surface area contributed by atoms with Crippen molar-refractivity contribution in [3.05, 3.63) is 0 Å². The predicted octanol–water partition coefficient (Wildman–Crippen LogP) is 0.913. The highest BCUT2D eigenvalue weighted by Crippen LogP contribution is 2.01. The highest BCUT2D eigenvalue weighted by molar-refractivity contribution is 7.81. The van der Waals surface area contributed by atoms with E-state index >= 15 is 0 Å². The number of rotatable bonds is 5. The van der Waals surface area contributed by atoms with Crippen molar-refractivity contribution in [3.8, 4) is 0 Å². The highest BCUT2D eigenvalue weighted by Gasteiger charge is 2.11. The molecule has 0 aromatic rings. The van der Waals surface area contributed by atoms with Gasteiger partial charge in [-0.15, -0.1) is 0 Å². The first-order valence-corrected chi connectivity index (χ1v) is 5.02. The van der Waals surface area contributed by atoms with Gasteiger partial charge in [0.15, 0.2) is 0 Å². The van der Waals surface area contributed by atoms with E-state index in [0.29, 0.717) is 6.42 Å². The van der Waals surface area contributed by atoms with Crippen LogP contribution in [0.15, 0.2) is 0 Å². The molecule has 0 radical (unpaired) electrons. The number of hydrogen-bond acceptors (Lipinski definition) is 4. The topological polar surface area (TPSA) is 80.7 Å². The summed E-state index contributed by atoms with van der Waals surface area (Å²) in [7, 11) is -4.61. The second-order valence-corrected chi connectivity index (χ2v) is 3.36. The summed E-state index contributed by atoms with van der Waals surface area (Å²) in [4.78, 5) is 10.6. The van der Waals surface area contributed by atoms with Crippen LogP contribution in [0.2, 0.25) is 0 Å². The van der Waals surface area contributed by atoms with Crippen LogP contribution in [0.3, 0.4) is 0 Å². The number of hydrogen-bond donors (Lipinski definition) is 1. The van der Waals surface area contributed by atoms with Crippen LogP contribution in [0.4, 0.5) is 0 Å². The van der Waals surface area contributed by atoms with Crippen LogP contribution in [0.25, 0.3) is 0 Å². The summed E-state index contributed by atoms with van der Waals surface area (Å²) in [6.07, 6.45) is 2.36. The Bertz CT molecular complexity index is 230. The Hall–Kier alpha value is -0.620. The van der Waals surface area contributed by atoms with Crippen LogP contribution in [0.5, 0.6) is 0 Å². The average Bonchev–Trinajstić information content (AvgIpc) is 1.84. The Balaban J connectivity index is 3.62. The molecule has 0 unspecified atom stereocenters. The Labute approximate surface area is 71.7 Å². The molecule has 0 saturated heterocycles. The summed E-state index contributed by atoms with van der Waals surface area (Å²) >= 11 is 0. The lowest BCUT2D eigenvalue weighted by Crippen LogP contribution is -2.11. The van der Waals surface area contributed by atoms with Gasteiger partial charge in [-0.2, -0.15) is 8.42 Å². The lowest BCUT2D eigenvalue weighted by Gasteiger charge is -1.98. The molecular weight excluding hydrogens is 184 g/mol. The van der Waals surface area contributed by atoms with E-state index in [4.69, 9.17) is 4.55 Å². The first kappa shape index (κ1) is 11.4. The van der Waals surface area contributed by atoms with Gasteiger partial charge in [0.1, 0.15) is 0 Å². The molecule has 0 aromatic heterocycles. The lowest BCUT2D eigenvalue weighted by atomic mass is 10.2. The van der Waals surface area contributed by atoms with Gasteiger partial charge in [0.25, 0.3) is 0 Å². The van der Waals surface area contributed by atoms with Gasteiger partial charge in [-0.1, -0.05) is 19.8 Å². The van der Waals surface area contributed by atoms with E-state index in [1.54, 1.807) is 0 Å². The molecule has 0 amide bonds. The minimum atomic E-state index is -4.61. The molecule has 0 aliphatic rings. The molecule has 0 saturated carbocycles. The smallest absolute Gasteiger partial charge is 0.325 e. The molecule has 0 rings (SSSR count). The SMILES string of the molecule is CCCCCC(=O)OS(=O)(=O)O. The third-order valence-corrected chi connectivity index (χ3v) is 1.58. The van der Waals surface area contributed by atoms with Gasteiger partial charge in [0, 0.05) is 6.42 Å². The molecule has 1 N–H and O–H groups in total. The van der Waals surface area contributed by atoms with Gasteiger partial charge >= 0.3 is 16.4 Å². The minimum Gasteiger partial charge on any atom is -0.325 e. The van der Waals surface area contributed by atoms with E-state index in [0.717, 1.165) is 12.8 Å². The first-order chi connectivity index (χ1) is 5.45. The molecule has 5 nitrogen and oxygen atoms in total. The average molecular weight is 196 g/mol. The molecule has 0 fully saturated rings. The van der Waals surface area contributed by atoms with Gasteiger partial charge < -0.3 is 4.18 Å². The van der Waals surface area contributed by atoms with E-state index < -0.39 is 16.4 Å². The van der Waals surface area contributed by atoms with Crippen molar-refractivity contribution < 1.29 is 21.9 Å². The maximum absolute atomic E-state index is 10.6. The summed E-state index contributed by atoms with van der Waals surface area (Å²) < 4.78 is 31.7. The Kier molecular flexibility index (Phi) is 4.84. The Morgan fingerprint density at radius 1 is 1.42 bits per heavy atom. The number of carbonyl (C=O) groups is 1. The van der Waals surface area contributed by atoms with Gasteiger partial charge in [-0.05, 0) is 6.42 Å². The van der Waals surface area contributed by atoms with Crippen LogP contribution in [0, 0.1) is 0 Å². The molecule has 0 heterocycles. The lowest BCUT2D eigenvalue weighted by molar-refractivity contribution is -0.134. The van der Waals surface area contributed by atoms with Gasteiger partial charge in [0.05, 0.1) is 0 Å². The van der Waals surface area contributed by atoms with E-state index in [1.165, 1.54) is 0 Å². The monoisotopic (exact) mass is 196 g/mol. The Morgan fingerprint density at radius 3 is 2.42 bits per heavy atom. The van der Waals surface area contributed by atoms with Crippen LogP contribution >= 0.6 is 0 Å². The molecule has 12 heavy (non-hydrogen) atoms. The third kappa shape index (κ3) is 7.49. The normalized spacial score (nSPS) is 11.2. The van der Waals surface area contributed by atoms with Crippen molar-refractivity contribution in [3.63, 3.8) is 0 Å². The van der Waals surface area contributed by atoms with Crippen molar-refractivity contribution in [1.82, 2.24) is 0 Å². The third-order valence-electron chi connectivity index (χ3n) is 1.18. The van der Waals surface area contributed by atoms with Crippen LogP contribution < -0.4 is 0 Å². The van der Waals surface area contributed by atoms with Crippen LogP contribution in [-0.2, 0) is 19.4 Å². The fourth-order valence-electron chi connectivity index (χ4n) is 0.678. The van der Waals surface area contributed by atoms with Crippen molar-refractivity contribution in [1.29, 1.82) is 0 Å². The van der Waals surface area contributed by atoms with E-state index in [1.807, 2.05) is 6.92 Å². The molecule has 0 aromatic carbocycles. The van der Waals surface area contributed by atoms with E-state index in [9.17, 15) is 13.2 Å². The molecule has 0 aliphatic heterocycles. The summed E-state index contributed by atoms with van der Waals surface area (Å²) in [5, 5.41) is 0. The zero-order valence-corrected chi connectivity index (χ0v) is 7.63. The largest absolute Gasteiger partial charge is 0.448 e. The Morgan fingerprint density at radius 2 is 2.00 bits per heavy atom. The number of unbranched alkanes of at least 4 members (excludes halogenated alkanes) is 2. The van der Waals surface area contributed by atoms with Crippen molar-refractivity contribution in [2.45, 2.75) is 32.6 Å². The highest BCUT2D eigenvalue weighted by atomic mass is 32.3. The van der Waals surface area contributed by atoms with Gasteiger partial charge in [0.2, 0.25) is 0 Å². The maximum atomic E-state index is 10.6. The quantitative estimate of drug-likeness (QED) is 0.522. The second-order valence-electron chi connectivity index (χ2n) is 2.34. The zero-order valence-electron chi connectivity index (χ0n) is 6.82. The standard InChI is InChI=1S/C6H12O5S/c1-2-3-4-5-6(7)11-12(8,9)10/h2-5H2,1H3,(H,8,9,10). The molecule has 0 bridgehead atoms. The number of carbonyl (C=O) groups excluding carboxylic acids is 1.